The molecular formula is C12H20N2S. The van der Waals surface area contributed by atoms with Crippen LogP contribution in [0.4, 0.5) is 0 Å². The van der Waals surface area contributed by atoms with E-state index in [1.165, 1.54) is 24.1 Å². The Bertz CT molecular complexity index is 284. The van der Waals surface area contributed by atoms with Gasteiger partial charge in [0.15, 0.2) is 0 Å². The van der Waals surface area contributed by atoms with Gasteiger partial charge in [0.05, 0.1) is 5.51 Å². The Hall–Kier alpha value is -0.410. The molecule has 15 heavy (non-hydrogen) atoms. The molecule has 1 aromatic rings. The highest BCUT2D eigenvalue weighted by molar-refractivity contribution is 7.09. The first-order chi connectivity index (χ1) is 7.27. The fraction of sp³-hybridized carbons (Fsp3) is 0.750. The molecule has 84 valence electrons. The zero-order chi connectivity index (χ0) is 10.7. The normalized spacial score (nSPS) is 31.7. The van der Waals surface area contributed by atoms with Gasteiger partial charge < -0.3 is 5.32 Å². The molecule has 0 saturated heterocycles. The van der Waals surface area contributed by atoms with Crippen molar-refractivity contribution in [3.05, 3.63) is 16.6 Å². The van der Waals surface area contributed by atoms with Crippen molar-refractivity contribution in [1.82, 2.24) is 10.3 Å². The summed E-state index contributed by atoms with van der Waals surface area (Å²) in [6, 6.07) is 0.704. The Balaban J connectivity index is 1.83. The van der Waals surface area contributed by atoms with Gasteiger partial charge in [-0.15, -0.1) is 11.3 Å². The highest BCUT2D eigenvalue weighted by Gasteiger charge is 2.26. The van der Waals surface area contributed by atoms with Crippen LogP contribution in [-0.2, 0) is 6.54 Å². The van der Waals surface area contributed by atoms with Gasteiger partial charge in [-0.2, -0.15) is 0 Å². The summed E-state index contributed by atoms with van der Waals surface area (Å²) in [5.74, 6) is 1.68. The van der Waals surface area contributed by atoms with Gasteiger partial charge in [-0.05, 0) is 18.3 Å². The molecule has 0 spiro atoms. The molecule has 2 rings (SSSR count). The quantitative estimate of drug-likeness (QED) is 0.853. The molecule has 0 amide bonds. The molecule has 0 radical (unpaired) electrons. The number of thiazole rings is 1. The first kappa shape index (κ1) is 11.1. The number of nitrogens with one attached hydrogen (secondary N) is 1. The molecule has 0 unspecified atom stereocenters. The summed E-state index contributed by atoms with van der Waals surface area (Å²) in [5.41, 5.74) is 1.91. The molecule has 1 aliphatic carbocycles. The van der Waals surface area contributed by atoms with Crippen LogP contribution < -0.4 is 5.32 Å². The van der Waals surface area contributed by atoms with E-state index in [9.17, 15) is 0 Å². The first-order valence-electron chi connectivity index (χ1n) is 5.88. The van der Waals surface area contributed by atoms with Crippen molar-refractivity contribution in [2.24, 2.45) is 11.8 Å². The van der Waals surface area contributed by atoms with Crippen LogP contribution >= 0.6 is 11.3 Å². The van der Waals surface area contributed by atoms with Crippen LogP contribution in [0.3, 0.4) is 0 Å². The summed E-state index contributed by atoms with van der Waals surface area (Å²) in [7, 11) is 0. The fourth-order valence-electron chi connectivity index (χ4n) is 2.43. The van der Waals surface area contributed by atoms with Gasteiger partial charge in [0.2, 0.25) is 0 Å². The van der Waals surface area contributed by atoms with Gasteiger partial charge in [-0.25, -0.2) is 0 Å². The number of aromatic nitrogens is 1. The molecular weight excluding hydrogens is 204 g/mol. The number of hydrogen-bond donors (Lipinski definition) is 1. The minimum atomic E-state index is 0.704. The molecule has 0 aliphatic heterocycles. The van der Waals surface area contributed by atoms with Gasteiger partial charge in [-0.1, -0.05) is 26.7 Å². The monoisotopic (exact) mass is 224 g/mol. The molecule has 3 heteroatoms. The van der Waals surface area contributed by atoms with Crippen LogP contribution in [0.25, 0.3) is 0 Å². The van der Waals surface area contributed by atoms with E-state index in [0.717, 1.165) is 18.4 Å². The lowest BCUT2D eigenvalue weighted by Gasteiger charge is -2.34. The maximum absolute atomic E-state index is 4.10. The molecule has 2 nitrogen and oxygen atoms in total. The van der Waals surface area contributed by atoms with Gasteiger partial charge >= 0.3 is 0 Å². The lowest BCUT2D eigenvalue weighted by Crippen LogP contribution is -2.40. The Labute approximate surface area is 96.1 Å². The Morgan fingerprint density at radius 1 is 1.47 bits per heavy atom. The molecule has 3 atom stereocenters. The third-order valence-corrected chi connectivity index (χ3v) is 4.51. The Morgan fingerprint density at radius 2 is 2.33 bits per heavy atom. The second-order valence-electron chi connectivity index (χ2n) is 4.72. The van der Waals surface area contributed by atoms with Crippen molar-refractivity contribution in [1.29, 1.82) is 0 Å². The second kappa shape index (κ2) is 5.08. The summed E-state index contributed by atoms with van der Waals surface area (Å²) in [4.78, 5) is 5.45. The van der Waals surface area contributed by atoms with Gasteiger partial charge in [0.1, 0.15) is 0 Å². The molecule has 1 saturated carbocycles. The summed E-state index contributed by atoms with van der Waals surface area (Å²) >= 11 is 1.74. The van der Waals surface area contributed by atoms with E-state index < -0.39 is 0 Å². The van der Waals surface area contributed by atoms with Crippen LogP contribution in [0.5, 0.6) is 0 Å². The number of hydrogen-bond acceptors (Lipinski definition) is 3. The van der Waals surface area contributed by atoms with Crippen molar-refractivity contribution in [2.75, 3.05) is 0 Å². The van der Waals surface area contributed by atoms with Crippen molar-refractivity contribution in [3.8, 4) is 0 Å². The average Bonchev–Trinajstić information content (AvgIpc) is 2.73. The predicted octanol–water partition coefficient (Wildman–Crippen LogP) is 3.06. The van der Waals surface area contributed by atoms with E-state index in [1.54, 1.807) is 11.3 Å². The second-order valence-corrected chi connectivity index (χ2v) is 5.69. The van der Waals surface area contributed by atoms with Crippen LogP contribution in [0.15, 0.2) is 11.7 Å². The van der Waals surface area contributed by atoms with E-state index in [1.807, 2.05) is 11.7 Å². The summed E-state index contributed by atoms with van der Waals surface area (Å²) in [5, 5.41) is 3.67. The lowest BCUT2D eigenvalue weighted by molar-refractivity contribution is 0.206. The summed E-state index contributed by atoms with van der Waals surface area (Å²) < 4.78 is 0. The van der Waals surface area contributed by atoms with E-state index in [4.69, 9.17) is 0 Å². The molecule has 1 aromatic heterocycles. The van der Waals surface area contributed by atoms with Crippen molar-refractivity contribution < 1.29 is 0 Å². The maximum atomic E-state index is 4.10. The first-order valence-corrected chi connectivity index (χ1v) is 6.76. The minimum absolute atomic E-state index is 0.704. The third kappa shape index (κ3) is 2.79. The van der Waals surface area contributed by atoms with E-state index in [-0.39, 0.29) is 0 Å². The van der Waals surface area contributed by atoms with Gasteiger partial charge in [0, 0.05) is 23.7 Å². The Kier molecular flexibility index (Phi) is 3.76. The topological polar surface area (TPSA) is 24.9 Å². The van der Waals surface area contributed by atoms with Crippen LogP contribution in [-0.4, -0.2) is 11.0 Å². The summed E-state index contributed by atoms with van der Waals surface area (Å²) in [6.07, 6.45) is 6.09. The van der Waals surface area contributed by atoms with Gasteiger partial charge in [-0.3, -0.25) is 4.98 Å². The molecule has 1 N–H and O–H groups in total. The lowest BCUT2D eigenvalue weighted by atomic mass is 9.78. The zero-order valence-corrected chi connectivity index (χ0v) is 10.4. The molecule has 0 bridgehead atoms. The minimum Gasteiger partial charge on any atom is -0.309 e. The smallest absolute Gasteiger partial charge is 0.0794 e. The zero-order valence-electron chi connectivity index (χ0n) is 9.57. The molecule has 0 aromatic carbocycles. The average molecular weight is 224 g/mol. The number of nitrogens with zero attached hydrogens (tertiary/aromatic N) is 1. The highest BCUT2D eigenvalue weighted by Crippen LogP contribution is 2.29. The van der Waals surface area contributed by atoms with Gasteiger partial charge in [0.25, 0.3) is 0 Å². The standard InChI is InChI=1S/C12H20N2S/c1-9-4-3-5-12(10(9)2)14-7-11-6-13-8-15-11/h6,8-10,12,14H,3-5,7H2,1-2H3/t9-,10+,12-/m1/s1. The van der Waals surface area contributed by atoms with E-state index in [0.29, 0.717) is 6.04 Å². The van der Waals surface area contributed by atoms with Crippen LogP contribution in [0.2, 0.25) is 0 Å². The molecule has 1 heterocycles. The van der Waals surface area contributed by atoms with E-state index >= 15 is 0 Å². The highest BCUT2D eigenvalue weighted by atomic mass is 32.1. The molecule has 1 aliphatic rings. The van der Waals surface area contributed by atoms with Crippen LogP contribution in [0, 0.1) is 11.8 Å². The fourth-order valence-corrected chi connectivity index (χ4v) is 2.98. The van der Waals surface area contributed by atoms with Crippen molar-refractivity contribution in [3.63, 3.8) is 0 Å². The largest absolute Gasteiger partial charge is 0.309 e. The van der Waals surface area contributed by atoms with Crippen LogP contribution in [0.1, 0.15) is 38.0 Å². The summed E-state index contributed by atoms with van der Waals surface area (Å²) in [6.45, 7) is 5.76. The van der Waals surface area contributed by atoms with Crippen molar-refractivity contribution >= 4 is 11.3 Å². The maximum Gasteiger partial charge on any atom is 0.0794 e. The molecule has 1 fully saturated rings. The Morgan fingerprint density at radius 3 is 3.07 bits per heavy atom. The van der Waals surface area contributed by atoms with Crippen molar-refractivity contribution in [2.45, 2.75) is 45.7 Å². The third-order valence-electron chi connectivity index (χ3n) is 3.73. The predicted molar refractivity (Wildman–Crippen MR) is 64.9 cm³/mol. The number of rotatable bonds is 3. The van der Waals surface area contributed by atoms with E-state index in [2.05, 4.69) is 24.1 Å². The SMILES string of the molecule is C[C@H]1[C@H](C)CCC[C@H]1NCc1cncs1.